The highest BCUT2D eigenvalue weighted by molar-refractivity contribution is 9.10. The molecule has 3 aliphatic rings. The van der Waals surface area contributed by atoms with E-state index >= 15 is 0 Å². The number of likely N-dealkylation sites (tertiary alicyclic amines) is 1. The number of rotatable bonds is 8. The monoisotopic (exact) mass is 728 g/mol. The lowest BCUT2D eigenvalue weighted by Gasteiger charge is -2.28. The summed E-state index contributed by atoms with van der Waals surface area (Å²) in [5, 5.41) is 12.4. The van der Waals surface area contributed by atoms with Crippen molar-refractivity contribution in [2.45, 2.75) is 45.8 Å². The Bertz CT molecular complexity index is 1760. The fraction of sp³-hybridized carbons (Fsp3) is 0.282. The standard InChI is InChI=1S/C21H20BrNO3.C18H21NO4/c1-14(11-16-4-9-19-20(12-16)26-13-25-19)3-10-21(24)23-15(2)17-5-7-18(22)8-6-17;1-13(2-5-18(21)19-8-6-15(20)7-9-19)10-14-3-4-16-17(11-14)23-12-22-16/h3-12,15H,13H2,1-2H3,(H,23,24);2-5,10-11,15,20H,6-9,12H2,1H3. The zero-order valence-corrected chi connectivity index (χ0v) is 29.4. The number of amides is 2. The average Bonchev–Trinajstić information content (AvgIpc) is 3.76. The van der Waals surface area contributed by atoms with Gasteiger partial charge in [0.25, 0.3) is 0 Å². The molecule has 3 aromatic rings. The summed E-state index contributed by atoms with van der Waals surface area (Å²) in [4.78, 5) is 26.0. The fourth-order valence-corrected chi connectivity index (χ4v) is 5.59. The number of fused-ring (bicyclic) bond motifs is 2. The fourth-order valence-electron chi connectivity index (χ4n) is 5.33. The van der Waals surface area contributed by atoms with Crippen molar-refractivity contribution in [3.63, 3.8) is 0 Å². The van der Waals surface area contributed by atoms with E-state index in [1.165, 1.54) is 0 Å². The Kier molecular flexibility index (Phi) is 12.3. The molecule has 0 saturated carbocycles. The van der Waals surface area contributed by atoms with Crippen molar-refractivity contribution in [1.29, 1.82) is 0 Å². The van der Waals surface area contributed by atoms with Gasteiger partial charge in [-0.3, -0.25) is 9.59 Å². The maximum atomic E-state index is 12.1. The van der Waals surface area contributed by atoms with Crippen LogP contribution in [0.3, 0.4) is 0 Å². The number of hydrogen-bond acceptors (Lipinski definition) is 7. The van der Waals surface area contributed by atoms with Crippen LogP contribution in [0.2, 0.25) is 0 Å². The Morgan fingerprint density at radius 2 is 1.29 bits per heavy atom. The van der Waals surface area contributed by atoms with Crippen molar-refractivity contribution in [3.8, 4) is 23.0 Å². The Morgan fingerprint density at radius 3 is 1.84 bits per heavy atom. The number of benzene rings is 3. The van der Waals surface area contributed by atoms with Crippen LogP contribution in [0.5, 0.6) is 23.0 Å². The van der Waals surface area contributed by atoms with E-state index in [1.54, 1.807) is 23.1 Å². The number of aliphatic hydroxyl groups is 1. The molecule has 1 unspecified atom stereocenters. The number of nitrogens with zero attached hydrogens (tertiary/aromatic N) is 1. The van der Waals surface area contributed by atoms with Gasteiger partial charge in [0.05, 0.1) is 12.1 Å². The van der Waals surface area contributed by atoms with Gasteiger partial charge < -0.3 is 34.3 Å². The quantitative estimate of drug-likeness (QED) is 0.184. The lowest BCUT2D eigenvalue weighted by molar-refractivity contribution is -0.128. The first-order valence-corrected chi connectivity index (χ1v) is 17.0. The zero-order valence-electron chi connectivity index (χ0n) is 27.9. The van der Waals surface area contributed by atoms with Crippen molar-refractivity contribution >= 4 is 39.9 Å². The first kappa shape index (κ1) is 35.5. The van der Waals surface area contributed by atoms with E-state index in [0.29, 0.717) is 25.9 Å². The van der Waals surface area contributed by atoms with Crippen molar-refractivity contribution in [2.24, 2.45) is 0 Å². The maximum absolute atomic E-state index is 12.1. The molecule has 3 aromatic carbocycles. The summed E-state index contributed by atoms with van der Waals surface area (Å²) >= 11 is 3.41. The van der Waals surface area contributed by atoms with Gasteiger partial charge in [0.15, 0.2) is 23.0 Å². The molecule has 49 heavy (non-hydrogen) atoms. The van der Waals surface area contributed by atoms with Crippen LogP contribution < -0.4 is 24.3 Å². The van der Waals surface area contributed by atoms with Crippen LogP contribution in [0.4, 0.5) is 0 Å². The highest BCUT2D eigenvalue weighted by Crippen LogP contribution is 2.34. The van der Waals surface area contributed by atoms with Crippen LogP contribution >= 0.6 is 15.9 Å². The van der Waals surface area contributed by atoms with Crippen LogP contribution in [0.25, 0.3) is 12.2 Å². The molecule has 0 aromatic heterocycles. The van der Waals surface area contributed by atoms with Gasteiger partial charge in [-0.05, 0) is 86.7 Å². The average molecular weight is 730 g/mol. The van der Waals surface area contributed by atoms with E-state index in [-0.39, 0.29) is 37.5 Å². The van der Waals surface area contributed by atoms with Crippen LogP contribution in [0, 0.1) is 0 Å². The molecule has 1 atom stereocenters. The van der Waals surface area contributed by atoms with Gasteiger partial charge in [-0.25, -0.2) is 0 Å². The number of allylic oxidation sites excluding steroid dienone is 4. The normalized spacial score (nSPS) is 16.5. The third-order valence-corrected chi connectivity index (χ3v) is 8.60. The molecule has 6 rings (SSSR count). The Hall–Kier alpha value is -4.80. The Morgan fingerprint density at radius 1 is 0.776 bits per heavy atom. The van der Waals surface area contributed by atoms with Crippen molar-refractivity contribution in [1.82, 2.24) is 10.2 Å². The molecule has 9 nitrogen and oxygen atoms in total. The zero-order chi connectivity index (χ0) is 34.8. The van der Waals surface area contributed by atoms with Gasteiger partial charge in [0, 0.05) is 29.7 Å². The number of nitrogens with one attached hydrogen (secondary N) is 1. The number of carbonyl (C=O) groups excluding carboxylic acids is 2. The number of ether oxygens (including phenoxy) is 4. The molecular formula is C39H41BrN2O7. The second-order valence-corrected chi connectivity index (χ2v) is 12.9. The minimum atomic E-state index is -0.268. The Balaban J connectivity index is 0.000000192. The maximum Gasteiger partial charge on any atom is 0.246 e. The van der Waals surface area contributed by atoms with Gasteiger partial charge in [-0.2, -0.15) is 0 Å². The van der Waals surface area contributed by atoms with E-state index in [0.717, 1.165) is 55.3 Å². The van der Waals surface area contributed by atoms with Crippen LogP contribution in [0.1, 0.15) is 56.3 Å². The van der Waals surface area contributed by atoms with E-state index in [9.17, 15) is 14.7 Å². The van der Waals surface area contributed by atoms with Crippen LogP contribution in [0.15, 0.2) is 101 Å². The SMILES string of the molecule is CC(C=CC(=O)N1CCC(O)CC1)=Cc1ccc2c(c1)OCO2.CC(C=CC(=O)NC(C)c1ccc(Br)cc1)=Cc1ccc2c(c1)OCO2. The molecule has 1 saturated heterocycles. The third kappa shape index (κ3) is 10.6. The second kappa shape index (κ2) is 17.0. The summed E-state index contributed by atoms with van der Waals surface area (Å²) in [5.74, 6) is 2.89. The van der Waals surface area contributed by atoms with Gasteiger partial charge in [0.2, 0.25) is 25.4 Å². The predicted molar refractivity (Wildman–Crippen MR) is 193 cm³/mol. The molecule has 0 spiro atoms. The summed E-state index contributed by atoms with van der Waals surface area (Å²) in [6, 6.07) is 19.4. The smallest absolute Gasteiger partial charge is 0.246 e. The summed E-state index contributed by atoms with van der Waals surface area (Å²) in [6.45, 7) is 7.63. The third-order valence-electron chi connectivity index (χ3n) is 8.07. The lowest BCUT2D eigenvalue weighted by atomic mass is 10.1. The number of hydrogen-bond donors (Lipinski definition) is 2. The molecule has 0 bridgehead atoms. The molecule has 10 heteroatoms. The number of aliphatic hydroxyl groups excluding tert-OH is 1. The molecule has 2 N–H and O–H groups in total. The molecule has 3 aliphatic heterocycles. The topological polar surface area (TPSA) is 107 Å². The molecular weight excluding hydrogens is 688 g/mol. The molecule has 2 amide bonds. The molecule has 256 valence electrons. The summed E-state index contributed by atoms with van der Waals surface area (Å²) in [6.07, 6.45) is 11.8. The molecule has 0 radical (unpaired) electrons. The molecule has 1 fully saturated rings. The summed E-state index contributed by atoms with van der Waals surface area (Å²) in [5.41, 5.74) is 5.01. The van der Waals surface area contributed by atoms with E-state index < -0.39 is 0 Å². The van der Waals surface area contributed by atoms with E-state index in [2.05, 4.69) is 21.2 Å². The van der Waals surface area contributed by atoms with Gasteiger partial charge in [0.1, 0.15) is 0 Å². The number of halogens is 1. The predicted octanol–water partition coefficient (Wildman–Crippen LogP) is 7.37. The first-order valence-electron chi connectivity index (χ1n) is 16.2. The van der Waals surface area contributed by atoms with Crippen molar-refractivity contribution < 1.29 is 33.6 Å². The largest absolute Gasteiger partial charge is 0.454 e. The molecule has 3 heterocycles. The Labute approximate surface area is 295 Å². The van der Waals surface area contributed by atoms with Crippen LogP contribution in [-0.4, -0.2) is 54.6 Å². The van der Waals surface area contributed by atoms with E-state index in [1.807, 2.05) is 99.7 Å². The molecule has 0 aliphatic carbocycles. The van der Waals surface area contributed by atoms with Crippen molar-refractivity contribution in [2.75, 3.05) is 26.7 Å². The highest BCUT2D eigenvalue weighted by atomic mass is 79.9. The minimum absolute atomic E-state index is 0.00432. The highest BCUT2D eigenvalue weighted by Gasteiger charge is 2.19. The summed E-state index contributed by atoms with van der Waals surface area (Å²) in [7, 11) is 0. The summed E-state index contributed by atoms with van der Waals surface area (Å²) < 4.78 is 22.3. The van der Waals surface area contributed by atoms with Crippen molar-refractivity contribution in [3.05, 3.63) is 117 Å². The second-order valence-electron chi connectivity index (χ2n) is 12.0. The van der Waals surface area contributed by atoms with E-state index in [4.69, 9.17) is 18.9 Å². The van der Waals surface area contributed by atoms with Crippen LogP contribution in [-0.2, 0) is 9.59 Å². The van der Waals surface area contributed by atoms with Gasteiger partial charge >= 0.3 is 0 Å². The lowest BCUT2D eigenvalue weighted by Crippen LogP contribution is -2.39. The van der Waals surface area contributed by atoms with Gasteiger partial charge in [-0.15, -0.1) is 0 Å². The number of piperidine rings is 1. The number of carbonyl (C=O) groups is 2. The minimum Gasteiger partial charge on any atom is -0.454 e. The van der Waals surface area contributed by atoms with Gasteiger partial charge in [-0.1, -0.05) is 75.6 Å². The first-order chi connectivity index (χ1) is 23.6.